The lowest BCUT2D eigenvalue weighted by Gasteiger charge is -2.20. The number of benzene rings is 1. The Hall–Kier alpha value is -1.18. The summed E-state index contributed by atoms with van der Waals surface area (Å²) in [6.07, 6.45) is 2.29. The van der Waals surface area contributed by atoms with Crippen molar-refractivity contribution in [3.8, 4) is 5.75 Å². The van der Waals surface area contributed by atoms with Crippen molar-refractivity contribution in [1.29, 1.82) is 0 Å². The second-order valence-electron chi connectivity index (χ2n) is 3.28. The molecule has 0 aliphatic carbocycles. The molecule has 0 spiro atoms. The molecule has 13 heavy (non-hydrogen) atoms. The number of para-hydroxylation sites is 1. The number of nitrogens with one attached hydrogen (secondary N) is 1. The van der Waals surface area contributed by atoms with Crippen LogP contribution in [0.25, 0.3) is 0 Å². The maximum absolute atomic E-state index is 5.64. The number of hydrogen-bond donors (Lipinski definition) is 1. The summed E-state index contributed by atoms with van der Waals surface area (Å²) in [4.78, 5) is 0. The topological polar surface area (TPSA) is 21.3 Å². The van der Waals surface area contributed by atoms with E-state index in [1.165, 1.54) is 5.56 Å². The van der Waals surface area contributed by atoms with Gasteiger partial charge in [0.2, 0.25) is 0 Å². The predicted octanol–water partition coefficient (Wildman–Crippen LogP) is 2.44. The van der Waals surface area contributed by atoms with E-state index in [2.05, 4.69) is 30.4 Å². The second kappa shape index (κ2) is 3.69. The molecule has 0 atom stereocenters. The fraction of sp³-hybridized carbons (Fsp3) is 0.455. The minimum atomic E-state index is 0.857. The Morgan fingerprint density at radius 2 is 2.38 bits per heavy atom. The van der Waals surface area contributed by atoms with Crippen LogP contribution in [-0.2, 0) is 6.42 Å². The van der Waals surface area contributed by atoms with Crippen LogP contribution in [0.3, 0.4) is 0 Å². The molecule has 1 aromatic carbocycles. The smallest absolute Gasteiger partial charge is 0.145 e. The van der Waals surface area contributed by atoms with Crippen molar-refractivity contribution in [2.24, 2.45) is 0 Å². The van der Waals surface area contributed by atoms with Crippen LogP contribution in [0.2, 0.25) is 0 Å². The van der Waals surface area contributed by atoms with Crippen LogP contribution in [0.15, 0.2) is 18.2 Å². The first kappa shape index (κ1) is 8.42. The Labute approximate surface area is 78.9 Å². The van der Waals surface area contributed by atoms with E-state index in [1.807, 2.05) is 0 Å². The Kier molecular flexibility index (Phi) is 2.39. The van der Waals surface area contributed by atoms with E-state index in [4.69, 9.17) is 4.74 Å². The van der Waals surface area contributed by atoms with Crippen molar-refractivity contribution in [1.82, 2.24) is 0 Å². The van der Waals surface area contributed by atoms with Gasteiger partial charge in [-0.3, -0.25) is 0 Å². The van der Waals surface area contributed by atoms with Gasteiger partial charge in [0.1, 0.15) is 5.75 Å². The second-order valence-corrected chi connectivity index (χ2v) is 3.28. The number of ether oxygens (including phenoxy) is 1. The average molecular weight is 177 g/mol. The number of aryl methyl sites for hydroxylation is 1. The van der Waals surface area contributed by atoms with Gasteiger partial charge in [-0.2, -0.15) is 0 Å². The number of rotatable bonds is 2. The first-order valence-electron chi connectivity index (χ1n) is 4.90. The summed E-state index contributed by atoms with van der Waals surface area (Å²) in [5, 5.41) is 3.31. The van der Waals surface area contributed by atoms with Crippen LogP contribution in [0.4, 0.5) is 5.69 Å². The molecule has 0 aromatic heterocycles. The SMILES string of the molecule is CCNc1cccc2c1OCCC2. The van der Waals surface area contributed by atoms with Crippen molar-refractivity contribution in [3.05, 3.63) is 23.8 Å². The normalized spacial score (nSPS) is 14.5. The summed E-state index contributed by atoms with van der Waals surface area (Å²) in [6.45, 7) is 3.90. The molecule has 0 fully saturated rings. The number of hydrogen-bond acceptors (Lipinski definition) is 2. The first-order valence-corrected chi connectivity index (χ1v) is 4.90. The van der Waals surface area contributed by atoms with Gasteiger partial charge >= 0.3 is 0 Å². The highest BCUT2D eigenvalue weighted by molar-refractivity contribution is 5.60. The molecule has 2 nitrogen and oxygen atoms in total. The maximum Gasteiger partial charge on any atom is 0.145 e. The van der Waals surface area contributed by atoms with E-state index in [1.54, 1.807) is 0 Å². The third-order valence-corrected chi connectivity index (χ3v) is 2.30. The molecule has 1 N–H and O–H groups in total. The molecular formula is C11H15NO. The Morgan fingerprint density at radius 3 is 3.23 bits per heavy atom. The van der Waals surface area contributed by atoms with Gasteiger partial charge in [0.15, 0.2) is 0 Å². The van der Waals surface area contributed by atoms with Crippen molar-refractivity contribution in [2.75, 3.05) is 18.5 Å². The van der Waals surface area contributed by atoms with Gasteiger partial charge in [-0.25, -0.2) is 0 Å². The minimum absolute atomic E-state index is 0.857. The lowest BCUT2D eigenvalue weighted by atomic mass is 10.1. The van der Waals surface area contributed by atoms with Crippen molar-refractivity contribution in [3.63, 3.8) is 0 Å². The van der Waals surface area contributed by atoms with E-state index in [0.29, 0.717) is 0 Å². The lowest BCUT2D eigenvalue weighted by molar-refractivity contribution is 0.290. The molecule has 0 unspecified atom stereocenters. The molecule has 70 valence electrons. The van der Waals surface area contributed by atoms with Crippen LogP contribution in [0, 0.1) is 0 Å². The third kappa shape index (κ3) is 1.62. The van der Waals surface area contributed by atoms with E-state index >= 15 is 0 Å². The number of anilines is 1. The molecule has 2 rings (SSSR count). The van der Waals surface area contributed by atoms with E-state index in [-0.39, 0.29) is 0 Å². The van der Waals surface area contributed by atoms with Crippen LogP contribution in [-0.4, -0.2) is 13.2 Å². The van der Waals surface area contributed by atoms with E-state index in [9.17, 15) is 0 Å². The Morgan fingerprint density at radius 1 is 1.46 bits per heavy atom. The standard InChI is InChI=1S/C11H15NO/c1-2-12-10-7-3-5-9-6-4-8-13-11(9)10/h3,5,7,12H,2,4,6,8H2,1H3. The zero-order valence-electron chi connectivity index (χ0n) is 7.97. The summed E-state index contributed by atoms with van der Waals surface area (Å²) >= 11 is 0. The zero-order chi connectivity index (χ0) is 9.10. The van der Waals surface area contributed by atoms with Crippen molar-refractivity contribution in [2.45, 2.75) is 19.8 Å². The van der Waals surface area contributed by atoms with E-state index < -0.39 is 0 Å². The molecule has 0 radical (unpaired) electrons. The monoisotopic (exact) mass is 177 g/mol. The zero-order valence-corrected chi connectivity index (χ0v) is 7.97. The first-order chi connectivity index (χ1) is 6.42. The fourth-order valence-corrected chi connectivity index (χ4v) is 1.72. The van der Waals surface area contributed by atoms with Gasteiger partial charge in [0.25, 0.3) is 0 Å². The molecule has 0 saturated heterocycles. The molecule has 2 heteroatoms. The quantitative estimate of drug-likeness (QED) is 0.749. The van der Waals surface area contributed by atoms with Crippen LogP contribution < -0.4 is 10.1 Å². The third-order valence-electron chi connectivity index (χ3n) is 2.30. The summed E-state index contributed by atoms with van der Waals surface area (Å²) in [5.74, 6) is 1.07. The summed E-state index contributed by atoms with van der Waals surface area (Å²) in [7, 11) is 0. The molecular weight excluding hydrogens is 162 g/mol. The minimum Gasteiger partial charge on any atom is -0.491 e. The summed E-state index contributed by atoms with van der Waals surface area (Å²) < 4.78 is 5.64. The fourth-order valence-electron chi connectivity index (χ4n) is 1.72. The average Bonchev–Trinajstić information content (AvgIpc) is 2.19. The molecule has 1 aliphatic rings. The van der Waals surface area contributed by atoms with Crippen LogP contribution in [0.5, 0.6) is 5.75 Å². The Bertz CT molecular complexity index is 296. The molecule has 0 bridgehead atoms. The largest absolute Gasteiger partial charge is 0.491 e. The van der Waals surface area contributed by atoms with Gasteiger partial charge in [-0.05, 0) is 31.4 Å². The highest BCUT2D eigenvalue weighted by atomic mass is 16.5. The molecule has 1 aliphatic heterocycles. The highest BCUT2D eigenvalue weighted by Crippen LogP contribution is 2.32. The Balaban J connectivity index is 2.34. The molecule has 0 saturated carbocycles. The van der Waals surface area contributed by atoms with Crippen molar-refractivity contribution < 1.29 is 4.74 Å². The van der Waals surface area contributed by atoms with Gasteiger partial charge < -0.3 is 10.1 Å². The lowest BCUT2D eigenvalue weighted by Crippen LogP contribution is -2.11. The van der Waals surface area contributed by atoms with E-state index in [0.717, 1.165) is 37.4 Å². The van der Waals surface area contributed by atoms with Crippen LogP contribution >= 0.6 is 0 Å². The van der Waals surface area contributed by atoms with Gasteiger partial charge in [0, 0.05) is 6.54 Å². The molecule has 1 aromatic rings. The van der Waals surface area contributed by atoms with Gasteiger partial charge in [-0.15, -0.1) is 0 Å². The molecule has 1 heterocycles. The van der Waals surface area contributed by atoms with Crippen LogP contribution in [0.1, 0.15) is 18.9 Å². The highest BCUT2D eigenvalue weighted by Gasteiger charge is 2.12. The predicted molar refractivity (Wildman–Crippen MR) is 54.4 cm³/mol. The summed E-state index contributed by atoms with van der Waals surface area (Å²) in [6, 6.07) is 6.31. The molecule has 0 amide bonds. The van der Waals surface area contributed by atoms with Gasteiger partial charge in [0.05, 0.1) is 12.3 Å². The van der Waals surface area contributed by atoms with Gasteiger partial charge in [-0.1, -0.05) is 12.1 Å². The van der Waals surface area contributed by atoms with Crippen molar-refractivity contribution >= 4 is 5.69 Å². The number of fused-ring (bicyclic) bond motifs is 1. The maximum atomic E-state index is 5.64. The summed E-state index contributed by atoms with van der Waals surface area (Å²) in [5.41, 5.74) is 2.48.